The lowest BCUT2D eigenvalue weighted by molar-refractivity contribution is -0.0442. The highest BCUT2D eigenvalue weighted by Gasteiger charge is 2.49. The Bertz CT molecular complexity index is 1020. The minimum absolute atomic E-state index is 0.378. The van der Waals surface area contributed by atoms with Crippen molar-refractivity contribution in [2.24, 2.45) is 0 Å². The predicted molar refractivity (Wildman–Crippen MR) is 80.4 cm³/mol. The van der Waals surface area contributed by atoms with E-state index in [4.69, 9.17) is 23.2 Å². The Kier molecular flexibility index (Phi) is 4.98. The molecule has 0 N–H and O–H groups in total. The van der Waals surface area contributed by atoms with E-state index in [0.717, 1.165) is 0 Å². The van der Waals surface area contributed by atoms with Crippen molar-refractivity contribution in [1.82, 2.24) is 0 Å². The van der Waals surface area contributed by atoms with Crippen LogP contribution in [0.3, 0.4) is 0 Å². The molecule has 0 fully saturated rings. The van der Waals surface area contributed by atoms with Crippen LogP contribution in [0.15, 0.2) is 34.1 Å². The lowest BCUT2D eigenvalue weighted by Crippen LogP contribution is -2.24. The van der Waals surface area contributed by atoms with Gasteiger partial charge in [-0.2, -0.15) is 26.3 Å². The second kappa shape index (κ2) is 6.14. The molecule has 0 atom stereocenters. The van der Waals surface area contributed by atoms with Crippen molar-refractivity contribution < 1.29 is 43.2 Å². The van der Waals surface area contributed by atoms with Crippen LogP contribution in [0.25, 0.3) is 10.8 Å². The average molecular weight is 461 g/mol. The van der Waals surface area contributed by atoms with Gasteiger partial charge in [0.15, 0.2) is 0 Å². The van der Waals surface area contributed by atoms with E-state index in [0.29, 0.717) is 24.3 Å². The molecular formula is C12H4Cl2F6O4S2. The average Bonchev–Trinajstić information content (AvgIpc) is 2.45. The van der Waals surface area contributed by atoms with Crippen LogP contribution in [0.4, 0.5) is 26.3 Å². The molecule has 0 heterocycles. The molecule has 0 unspecified atom stereocenters. The van der Waals surface area contributed by atoms with Gasteiger partial charge >= 0.3 is 11.0 Å². The number of sulfone groups is 2. The van der Waals surface area contributed by atoms with Gasteiger partial charge < -0.3 is 0 Å². The third-order valence-corrected chi connectivity index (χ3v) is 7.28. The molecule has 14 heteroatoms. The maximum Gasteiger partial charge on any atom is 0.501 e. The van der Waals surface area contributed by atoms with E-state index < -0.39 is 61.3 Å². The van der Waals surface area contributed by atoms with Crippen LogP contribution in [0.5, 0.6) is 0 Å². The summed E-state index contributed by atoms with van der Waals surface area (Å²) in [7, 11) is -11.7. The third-order valence-electron chi connectivity index (χ3n) is 3.19. The molecule has 0 aliphatic heterocycles. The summed E-state index contributed by atoms with van der Waals surface area (Å²) < 4.78 is 122. The van der Waals surface area contributed by atoms with E-state index in [2.05, 4.69) is 0 Å². The van der Waals surface area contributed by atoms with E-state index >= 15 is 0 Å². The standard InChI is InChI=1S/C12H4Cl2F6O4S2/c13-9-5-1-3-7(25(21,22)11(15,16)17)10(14)6(5)2-4-8(9)26(23,24)12(18,19)20/h1-4H. The molecule has 4 nitrogen and oxygen atoms in total. The van der Waals surface area contributed by atoms with Crippen LogP contribution in [0.2, 0.25) is 10.0 Å². The maximum atomic E-state index is 12.7. The molecule has 0 aromatic heterocycles. The topological polar surface area (TPSA) is 68.3 Å². The number of hydrogen-bond donors (Lipinski definition) is 0. The first-order valence-corrected chi connectivity index (χ1v) is 9.79. The number of fused-ring (bicyclic) bond motifs is 1. The highest BCUT2D eigenvalue weighted by Crippen LogP contribution is 2.42. The smallest absolute Gasteiger partial charge is 0.214 e. The molecule has 26 heavy (non-hydrogen) atoms. The first-order chi connectivity index (χ1) is 11.5. The molecular weight excluding hydrogens is 457 g/mol. The van der Waals surface area contributed by atoms with E-state index in [1.54, 1.807) is 0 Å². The monoisotopic (exact) mass is 460 g/mol. The van der Waals surface area contributed by atoms with Gasteiger partial charge in [-0.15, -0.1) is 0 Å². The number of halogens is 8. The van der Waals surface area contributed by atoms with E-state index in [-0.39, 0.29) is 0 Å². The maximum absolute atomic E-state index is 12.7. The lowest BCUT2D eigenvalue weighted by atomic mass is 10.1. The molecule has 2 rings (SSSR count). The fraction of sp³-hybridized carbons (Fsp3) is 0.167. The SMILES string of the molecule is O=S(=O)(c1ccc2c(Cl)c(S(=O)(=O)C(F)(F)F)ccc2c1Cl)C(F)(F)F. The zero-order valence-electron chi connectivity index (χ0n) is 11.8. The zero-order valence-corrected chi connectivity index (χ0v) is 14.9. The highest BCUT2D eigenvalue weighted by molar-refractivity contribution is 7.92. The van der Waals surface area contributed by atoms with E-state index in [1.165, 1.54) is 0 Å². The summed E-state index contributed by atoms with van der Waals surface area (Å²) in [4.78, 5) is -2.69. The van der Waals surface area contributed by atoms with Crippen molar-refractivity contribution >= 4 is 53.6 Å². The summed E-state index contributed by atoms with van der Waals surface area (Å²) in [5.74, 6) is 0. The van der Waals surface area contributed by atoms with Gasteiger partial charge in [0.2, 0.25) is 0 Å². The van der Waals surface area contributed by atoms with E-state index in [1.807, 2.05) is 0 Å². The normalized spacial score (nSPS) is 14.0. The van der Waals surface area contributed by atoms with Crippen molar-refractivity contribution in [1.29, 1.82) is 0 Å². The molecule has 0 aliphatic rings. The Labute approximate surface area is 152 Å². The molecule has 0 spiro atoms. The van der Waals surface area contributed by atoms with Gasteiger partial charge in [0, 0.05) is 10.8 Å². The van der Waals surface area contributed by atoms with Gasteiger partial charge in [-0.1, -0.05) is 35.3 Å². The van der Waals surface area contributed by atoms with Crippen molar-refractivity contribution in [3.63, 3.8) is 0 Å². The Morgan fingerprint density at radius 2 is 0.885 bits per heavy atom. The molecule has 2 aromatic rings. The van der Waals surface area contributed by atoms with Gasteiger partial charge in [0.25, 0.3) is 19.7 Å². The van der Waals surface area contributed by atoms with Crippen molar-refractivity contribution in [2.45, 2.75) is 20.8 Å². The second-order valence-electron chi connectivity index (χ2n) is 4.75. The van der Waals surface area contributed by atoms with Crippen LogP contribution in [-0.2, 0) is 19.7 Å². The number of alkyl halides is 6. The number of hydrogen-bond acceptors (Lipinski definition) is 4. The zero-order chi connectivity index (χ0) is 20.3. The largest absolute Gasteiger partial charge is 0.501 e. The van der Waals surface area contributed by atoms with Gasteiger partial charge in [-0.25, -0.2) is 16.8 Å². The molecule has 2 aromatic carbocycles. The summed E-state index contributed by atoms with van der Waals surface area (Å²) in [5, 5.41) is -2.86. The van der Waals surface area contributed by atoms with Crippen LogP contribution in [0, 0.1) is 0 Å². The van der Waals surface area contributed by atoms with E-state index in [9.17, 15) is 43.2 Å². The van der Waals surface area contributed by atoms with Gasteiger partial charge in [-0.05, 0) is 12.1 Å². The third kappa shape index (κ3) is 3.12. The molecule has 0 aliphatic carbocycles. The van der Waals surface area contributed by atoms with Gasteiger partial charge in [-0.3, -0.25) is 0 Å². The minimum atomic E-state index is -5.85. The van der Waals surface area contributed by atoms with Crippen LogP contribution >= 0.6 is 23.2 Å². The first kappa shape index (κ1) is 21.1. The molecule has 0 saturated heterocycles. The summed E-state index contributed by atoms with van der Waals surface area (Å²) in [6, 6.07) is 2.03. The first-order valence-electron chi connectivity index (χ1n) is 6.07. The fourth-order valence-corrected chi connectivity index (χ4v) is 4.71. The number of rotatable bonds is 2. The quantitative estimate of drug-likeness (QED) is 0.607. The Balaban J connectivity index is 2.85. The summed E-state index contributed by atoms with van der Waals surface area (Å²) in [5.41, 5.74) is -11.3. The molecule has 0 bridgehead atoms. The predicted octanol–water partition coefficient (Wildman–Crippen LogP) is 4.73. The fourth-order valence-electron chi connectivity index (χ4n) is 1.96. The lowest BCUT2D eigenvalue weighted by Gasteiger charge is -2.14. The van der Waals surface area contributed by atoms with Crippen molar-refractivity contribution in [3.8, 4) is 0 Å². The summed E-state index contributed by atoms with van der Waals surface area (Å²) in [6.45, 7) is 0. The Morgan fingerprint density at radius 1 is 0.615 bits per heavy atom. The Hall–Kier alpha value is -1.24. The summed E-state index contributed by atoms with van der Waals surface area (Å²) in [6.07, 6.45) is 0. The highest BCUT2D eigenvalue weighted by atomic mass is 35.5. The second-order valence-corrected chi connectivity index (χ2v) is 9.32. The van der Waals surface area contributed by atoms with Crippen LogP contribution < -0.4 is 0 Å². The van der Waals surface area contributed by atoms with Crippen molar-refractivity contribution in [2.75, 3.05) is 0 Å². The van der Waals surface area contributed by atoms with Gasteiger partial charge in [0.1, 0.15) is 0 Å². The minimum Gasteiger partial charge on any atom is -0.214 e. The Morgan fingerprint density at radius 3 is 1.12 bits per heavy atom. The molecule has 144 valence electrons. The molecule has 0 radical (unpaired) electrons. The summed E-state index contributed by atoms with van der Waals surface area (Å²) >= 11 is 11.3. The van der Waals surface area contributed by atoms with Crippen LogP contribution in [0.1, 0.15) is 0 Å². The van der Waals surface area contributed by atoms with Gasteiger partial charge in [0.05, 0.1) is 19.8 Å². The van der Waals surface area contributed by atoms with Crippen molar-refractivity contribution in [3.05, 3.63) is 34.3 Å². The molecule has 0 amide bonds. The molecule has 0 saturated carbocycles. The number of benzene rings is 2. The van der Waals surface area contributed by atoms with Crippen LogP contribution in [-0.4, -0.2) is 27.9 Å².